The van der Waals surface area contributed by atoms with Crippen LogP contribution in [-0.4, -0.2) is 37.5 Å². The van der Waals surface area contributed by atoms with Crippen molar-refractivity contribution in [2.24, 2.45) is 0 Å². The van der Waals surface area contributed by atoms with Crippen molar-refractivity contribution in [3.63, 3.8) is 0 Å². The van der Waals surface area contributed by atoms with E-state index in [4.69, 9.17) is 23.7 Å². The van der Waals surface area contributed by atoms with E-state index < -0.39 is 5.97 Å². The number of carbonyl (C=O) groups excluding carboxylic acids is 1. The number of halogens is 1. The van der Waals surface area contributed by atoms with Gasteiger partial charge in [0.1, 0.15) is 34.5 Å². The molecule has 8 heteroatoms. The molecule has 1 aliphatic carbocycles. The fraction of sp³-hybridized carbons (Fsp3) is 0.261. The summed E-state index contributed by atoms with van der Waals surface area (Å²) in [4.78, 5) is 15.3. The van der Waals surface area contributed by atoms with E-state index in [0.717, 1.165) is 130 Å². The maximum atomic E-state index is 15.3. The van der Waals surface area contributed by atoms with Gasteiger partial charge in [-0.2, -0.15) is 0 Å². The van der Waals surface area contributed by atoms with Crippen LogP contribution >= 0.6 is 15.9 Å². The fourth-order valence-corrected chi connectivity index (χ4v) is 11.6. The third kappa shape index (κ3) is 11.5. The Bertz CT molecular complexity index is 3630. The van der Waals surface area contributed by atoms with Gasteiger partial charge in [-0.15, -0.1) is 0 Å². The smallest absolute Gasteiger partial charge is 0.343 e. The Kier molecular flexibility index (Phi) is 16.3. The predicted octanol–water partition coefficient (Wildman–Crippen LogP) is 17.5. The first-order valence-electron chi connectivity index (χ1n) is 27.3. The highest BCUT2D eigenvalue weighted by Crippen LogP contribution is 2.47. The zero-order valence-electron chi connectivity index (χ0n) is 45.1. The van der Waals surface area contributed by atoms with Gasteiger partial charge in [0.15, 0.2) is 0 Å². The van der Waals surface area contributed by atoms with E-state index in [1.54, 1.807) is 6.07 Å². The van der Waals surface area contributed by atoms with Gasteiger partial charge in [0.05, 0.1) is 32.0 Å². The highest BCUT2D eigenvalue weighted by Gasteiger charge is 2.27. The van der Waals surface area contributed by atoms with Gasteiger partial charge in [0, 0.05) is 52.4 Å². The highest BCUT2D eigenvalue weighted by molar-refractivity contribution is 9.10. The monoisotopic (exact) mass is 1090 g/mol. The second-order valence-electron chi connectivity index (χ2n) is 20.4. The lowest BCUT2D eigenvalue weighted by molar-refractivity contribution is 0.0735. The van der Waals surface area contributed by atoms with Crippen molar-refractivity contribution in [1.29, 1.82) is 0 Å². The molecule has 0 radical (unpaired) electrons. The topological polar surface area (TPSA) is 83.5 Å². The van der Waals surface area contributed by atoms with Crippen molar-refractivity contribution >= 4 is 43.4 Å². The minimum absolute atomic E-state index is 0.0931. The van der Waals surface area contributed by atoms with E-state index in [1.807, 2.05) is 78.9 Å². The molecule has 1 N–H and O–H groups in total. The van der Waals surface area contributed by atoms with E-state index in [2.05, 4.69) is 118 Å². The van der Waals surface area contributed by atoms with Crippen LogP contribution in [0, 0.1) is 13.8 Å². The van der Waals surface area contributed by atoms with Gasteiger partial charge < -0.3 is 28.8 Å². The van der Waals surface area contributed by atoms with Gasteiger partial charge >= 0.3 is 5.97 Å². The molecule has 7 nitrogen and oxygen atoms in total. The van der Waals surface area contributed by atoms with Gasteiger partial charge in [-0.05, 0) is 154 Å². The Labute approximate surface area is 461 Å². The molecule has 8 bridgehead atoms. The van der Waals surface area contributed by atoms with Crippen LogP contribution in [0.1, 0.15) is 119 Å². The molecule has 1 aliphatic rings. The molecule has 77 heavy (non-hydrogen) atoms. The summed E-state index contributed by atoms with van der Waals surface area (Å²) >= 11 is 3.96. The lowest BCUT2D eigenvalue weighted by Crippen LogP contribution is -2.14. The summed E-state index contributed by atoms with van der Waals surface area (Å²) in [6.07, 6.45) is 5.16. The maximum absolute atomic E-state index is 15.3. The van der Waals surface area contributed by atoms with Gasteiger partial charge in [-0.25, -0.2) is 4.79 Å². The van der Waals surface area contributed by atoms with Crippen LogP contribution in [0.25, 0.3) is 43.8 Å². The van der Waals surface area contributed by atoms with Crippen LogP contribution in [0.3, 0.4) is 0 Å². The molecular formula is C69H67BrO7. The second kappa shape index (κ2) is 23.8. The van der Waals surface area contributed by atoms with Gasteiger partial charge in [-0.1, -0.05) is 152 Å². The van der Waals surface area contributed by atoms with Crippen LogP contribution in [0.4, 0.5) is 0 Å². The summed E-state index contributed by atoms with van der Waals surface area (Å²) in [6.45, 7) is 14.9. The number of esters is 1. The van der Waals surface area contributed by atoms with E-state index in [9.17, 15) is 5.11 Å². The average molecular weight is 1090 g/mol. The molecule has 0 spiro atoms. The largest absolute Gasteiger partial charge is 0.507 e. The van der Waals surface area contributed by atoms with Crippen LogP contribution in [-0.2, 0) is 25.7 Å². The molecule has 0 aromatic heterocycles. The molecule has 0 heterocycles. The van der Waals surface area contributed by atoms with Gasteiger partial charge in [-0.3, -0.25) is 0 Å². The fourth-order valence-electron chi connectivity index (χ4n) is 11.0. The van der Waals surface area contributed by atoms with Crippen molar-refractivity contribution in [2.75, 3.05) is 26.4 Å². The summed E-state index contributed by atoms with van der Waals surface area (Å²) in [5.74, 6) is 3.12. The first-order valence-corrected chi connectivity index (χ1v) is 28.1. The van der Waals surface area contributed by atoms with Crippen LogP contribution in [0.15, 0.2) is 150 Å². The van der Waals surface area contributed by atoms with Crippen LogP contribution in [0.2, 0.25) is 0 Å². The molecule has 392 valence electrons. The number of hydrogen-bond donors (Lipinski definition) is 1. The third-order valence-electron chi connectivity index (χ3n) is 14.2. The zero-order valence-corrected chi connectivity index (χ0v) is 46.7. The molecule has 0 amide bonds. The number of phenols is 1. The summed E-state index contributed by atoms with van der Waals surface area (Å²) in [5.41, 5.74) is 14.1. The highest BCUT2D eigenvalue weighted by atomic mass is 79.9. The van der Waals surface area contributed by atoms with Crippen molar-refractivity contribution < 1.29 is 33.6 Å². The lowest BCUT2D eigenvalue weighted by atomic mass is 9.88. The quantitative estimate of drug-likeness (QED) is 0.0762. The molecule has 0 saturated carbocycles. The minimum Gasteiger partial charge on any atom is -0.507 e. The normalized spacial score (nSPS) is 12.1. The summed E-state index contributed by atoms with van der Waals surface area (Å²) in [6, 6.07) is 49.3. The number of carbonyl (C=O) groups is 1. The molecule has 9 aromatic carbocycles. The summed E-state index contributed by atoms with van der Waals surface area (Å²) in [5, 5.41) is 15.3. The van der Waals surface area contributed by atoms with E-state index in [1.165, 1.54) is 11.1 Å². The van der Waals surface area contributed by atoms with Crippen molar-refractivity contribution in [1.82, 2.24) is 0 Å². The number of phenolic OH excluding ortho intramolecular Hbond substituents is 1. The Balaban J connectivity index is 1.20. The molecule has 0 aliphatic heterocycles. The third-order valence-corrected chi connectivity index (χ3v) is 14.7. The molecule has 0 atom stereocenters. The number of benzene rings is 9. The lowest BCUT2D eigenvalue weighted by Gasteiger charge is -2.24. The SMILES string of the molecule is CCCOc1c2cccc1Cc1cc(-c3cc(C)cc(C)c3)cc(c1OCCC)Cc1cc(Br)cc(c1OCCC)Cc1cc(C(=O)Oc3ccc4ccccc4c3-c3c(O)ccc4ccccc34)cc(c1OCCC)C2. The number of aryl methyl sites for hydroxylation is 2. The molecule has 10 rings (SSSR count). The maximum Gasteiger partial charge on any atom is 0.343 e. The molecule has 0 unspecified atom stereocenters. The van der Waals surface area contributed by atoms with E-state index in [-0.39, 0.29) is 5.75 Å². The predicted molar refractivity (Wildman–Crippen MR) is 316 cm³/mol. The number of ether oxygens (including phenoxy) is 5. The van der Waals surface area contributed by atoms with Crippen molar-refractivity contribution in [3.8, 4) is 56.8 Å². The van der Waals surface area contributed by atoms with Crippen LogP contribution in [0.5, 0.6) is 34.5 Å². The Morgan fingerprint density at radius 1 is 0.455 bits per heavy atom. The number of aromatic hydroxyl groups is 1. The first-order chi connectivity index (χ1) is 37.5. The van der Waals surface area contributed by atoms with Gasteiger partial charge in [0.25, 0.3) is 0 Å². The number of fused-ring (bicyclic) bond motifs is 10. The second-order valence-corrected chi connectivity index (χ2v) is 21.3. The Morgan fingerprint density at radius 2 is 0.870 bits per heavy atom. The minimum atomic E-state index is -0.536. The van der Waals surface area contributed by atoms with E-state index in [0.29, 0.717) is 74.6 Å². The van der Waals surface area contributed by atoms with Crippen LogP contribution < -0.4 is 23.7 Å². The Morgan fingerprint density at radius 3 is 1.38 bits per heavy atom. The van der Waals surface area contributed by atoms with Gasteiger partial charge in [0.2, 0.25) is 0 Å². The summed E-state index contributed by atoms with van der Waals surface area (Å²) < 4.78 is 35.1. The number of hydrogen-bond acceptors (Lipinski definition) is 7. The first kappa shape index (κ1) is 52.9. The molecule has 0 fully saturated rings. The van der Waals surface area contributed by atoms with Crippen molar-refractivity contribution in [3.05, 3.63) is 211 Å². The molecular weight excluding hydrogens is 1020 g/mol. The number of para-hydroxylation sites is 1. The molecule has 9 aromatic rings. The standard InChI is InChI=1S/C69H67BrO7/c1-7-26-73-65-47-18-15-19-48(65)34-52-39-57(69(72)77-62-25-23-46-17-12-14-21-60(46)64(62)63-59-20-13-11-16-45(59)22-24-61(63)71)40-54(67(52)75-28-9-3)38-56-42-58(70)41-55(68(56)76-29-10-4)37-53-36-50(49-31-43(5)30-44(6)32-49)35-51(33-47)66(53)74-27-8-2/h11-25,30-32,35-36,39-42,71H,7-10,26-29,33-34,37-38H2,1-6H3. The molecule has 0 saturated heterocycles. The van der Waals surface area contributed by atoms with E-state index >= 15 is 4.79 Å². The Hall–Kier alpha value is -7.55. The average Bonchev–Trinajstić information content (AvgIpc) is 3.46. The summed E-state index contributed by atoms with van der Waals surface area (Å²) in [7, 11) is 0. The number of rotatable bonds is 16. The van der Waals surface area contributed by atoms with Crippen molar-refractivity contribution in [2.45, 2.75) is 92.9 Å². The zero-order chi connectivity index (χ0) is 53.6.